The predicted molar refractivity (Wildman–Crippen MR) is 43.5 cm³/mol. The standard InChI is InChI=1S/C8H4ClF3N2/c9-2-5-1-6(8(10,11)12)4-14-7(5)3-13/h1,4H,2H2. The molecule has 0 aliphatic rings. The van der Waals surface area contributed by atoms with Gasteiger partial charge in [-0.25, -0.2) is 4.98 Å². The van der Waals surface area contributed by atoms with Crippen molar-refractivity contribution < 1.29 is 13.2 Å². The number of aromatic nitrogens is 1. The molecule has 6 heteroatoms. The number of nitrogens with zero attached hydrogens (tertiary/aromatic N) is 2. The molecule has 0 bridgehead atoms. The molecule has 0 saturated carbocycles. The SMILES string of the molecule is N#Cc1ncc(C(F)(F)F)cc1CCl. The molecule has 0 N–H and O–H groups in total. The molecule has 0 radical (unpaired) electrons. The maximum Gasteiger partial charge on any atom is 0.417 e. The van der Waals surface area contributed by atoms with Crippen LogP contribution in [-0.4, -0.2) is 4.98 Å². The smallest absolute Gasteiger partial charge is 0.245 e. The molecule has 0 saturated heterocycles. The molecule has 0 aliphatic heterocycles. The molecule has 0 atom stereocenters. The summed E-state index contributed by atoms with van der Waals surface area (Å²) in [5.41, 5.74) is -0.885. The van der Waals surface area contributed by atoms with Gasteiger partial charge in [0.1, 0.15) is 11.8 Å². The molecular formula is C8H4ClF3N2. The minimum Gasteiger partial charge on any atom is -0.245 e. The van der Waals surface area contributed by atoms with Crippen LogP contribution < -0.4 is 0 Å². The van der Waals surface area contributed by atoms with Crippen molar-refractivity contribution in [2.75, 3.05) is 0 Å². The minimum absolute atomic E-state index is 0.0759. The Kier molecular flexibility index (Phi) is 2.96. The fourth-order valence-corrected chi connectivity index (χ4v) is 1.07. The number of hydrogen-bond acceptors (Lipinski definition) is 2. The van der Waals surface area contributed by atoms with Gasteiger partial charge in [-0.05, 0) is 6.07 Å². The van der Waals surface area contributed by atoms with Gasteiger partial charge in [0.15, 0.2) is 0 Å². The summed E-state index contributed by atoms with van der Waals surface area (Å²) in [6.45, 7) is 0. The zero-order chi connectivity index (χ0) is 10.8. The fraction of sp³-hybridized carbons (Fsp3) is 0.250. The van der Waals surface area contributed by atoms with Gasteiger partial charge in [0.05, 0.1) is 11.4 Å². The van der Waals surface area contributed by atoms with E-state index >= 15 is 0 Å². The molecule has 0 amide bonds. The Bertz CT molecular complexity index is 381. The van der Waals surface area contributed by atoms with E-state index in [4.69, 9.17) is 16.9 Å². The Hall–Kier alpha value is -1.28. The highest BCUT2D eigenvalue weighted by molar-refractivity contribution is 6.17. The van der Waals surface area contributed by atoms with Gasteiger partial charge in [0.25, 0.3) is 0 Å². The van der Waals surface area contributed by atoms with Crippen LogP contribution >= 0.6 is 11.6 Å². The van der Waals surface area contributed by atoms with Crippen LogP contribution in [0.15, 0.2) is 12.3 Å². The first-order chi connectivity index (χ1) is 6.49. The van der Waals surface area contributed by atoms with Crippen LogP contribution in [0.3, 0.4) is 0 Å². The number of pyridine rings is 1. The Morgan fingerprint density at radius 1 is 1.50 bits per heavy atom. The lowest BCUT2D eigenvalue weighted by atomic mass is 10.1. The molecule has 74 valence electrons. The van der Waals surface area contributed by atoms with Crippen molar-refractivity contribution in [2.24, 2.45) is 0 Å². The van der Waals surface area contributed by atoms with E-state index in [2.05, 4.69) is 4.98 Å². The number of hydrogen-bond donors (Lipinski definition) is 0. The van der Waals surface area contributed by atoms with E-state index in [9.17, 15) is 13.2 Å². The fourth-order valence-electron chi connectivity index (χ4n) is 0.868. The van der Waals surface area contributed by atoms with Crippen LogP contribution in [0.4, 0.5) is 13.2 Å². The van der Waals surface area contributed by atoms with Gasteiger partial charge in [-0.15, -0.1) is 11.6 Å². The number of alkyl halides is 4. The van der Waals surface area contributed by atoms with Crippen molar-refractivity contribution in [3.8, 4) is 6.07 Å². The third kappa shape index (κ3) is 2.15. The van der Waals surface area contributed by atoms with E-state index < -0.39 is 11.7 Å². The summed E-state index contributed by atoms with van der Waals surface area (Å²) < 4.78 is 36.5. The zero-order valence-corrected chi connectivity index (χ0v) is 7.52. The zero-order valence-electron chi connectivity index (χ0n) is 6.77. The van der Waals surface area contributed by atoms with E-state index in [1.165, 1.54) is 0 Å². The average Bonchev–Trinajstić information content (AvgIpc) is 2.15. The summed E-state index contributed by atoms with van der Waals surface area (Å²) in [6, 6.07) is 2.49. The van der Waals surface area contributed by atoms with Crippen molar-refractivity contribution >= 4 is 11.6 Å². The van der Waals surface area contributed by atoms with Crippen molar-refractivity contribution in [3.63, 3.8) is 0 Å². The van der Waals surface area contributed by atoms with Crippen LogP contribution in [0.5, 0.6) is 0 Å². The minimum atomic E-state index is -4.46. The first kappa shape index (κ1) is 10.8. The summed E-state index contributed by atoms with van der Waals surface area (Å²) in [4.78, 5) is 3.37. The van der Waals surface area contributed by atoms with Gasteiger partial charge in [-0.1, -0.05) is 0 Å². The molecule has 1 aromatic heterocycles. The number of nitriles is 1. The summed E-state index contributed by atoms with van der Waals surface area (Å²) in [5, 5.41) is 8.49. The summed E-state index contributed by atoms with van der Waals surface area (Å²) >= 11 is 5.37. The van der Waals surface area contributed by atoms with Crippen LogP contribution in [0, 0.1) is 11.3 Å². The maximum atomic E-state index is 12.2. The largest absolute Gasteiger partial charge is 0.417 e. The highest BCUT2D eigenvalue weighted by atomic mass is 35.5. The van der Waals surface area contributed by atoms with E-state index in [1.54, 1.807) is 6.07 Å². The molecule has 2 nitrogen and oxygen atoms in total. The Morgan fingerprint density at radius 3 is 2.57 bits per heavy atom. The van der Waals surface area contributed by atoms with Gasteiger partial charge < -0.3 is 0 Å². The van der Waals surface area contributed by atoms with Crippen molar-refractivity contribution in [3.05, 3.63) is 29.1 Å². The molecule has 1 rings (SSSR count). The second-order valence-electron chi connectivity index (χ2n) is 2.47. The van der Waals surface area contributed by atoms with E-state index in [1.807, 2.05) is 0 Å². The highest BCUT2D eigenvalue weighted by Crippen LogP contribution is 2.29. The van der Waals surface area contributed by atoms with E-state index in [0.717, 1.165) is 6.07 Å². The summed E-state index contributed by atoms with van der Waals surface area (Å²) in [7, 11) is 0. The second-order valence-corrected chi connectivity index (χ2v) is 2.74. The Labute approximate surface area is 82.9 Å². The van der Waals surface area contributed by atoms with Gasteiger partial charge in [0.2, 0.25) is 0 Å². The Balaban J connectivity index is 3.23. The lowest BCUT2D eigenvalue weighted by Gasteiger charge is -2.07. The molecule has 0 aromatic carbocycles. The molecule has 1 aromatic rings. The van der Waals surface area contributed by atoms with Crippen LogP contribution in [0.1, 0.15) is 16.8 Å². The van der Waals surface area contributed by atoms with Crippen LogP contribution in [-0.2, 0) is 12.1 Å². The molecule has 0 spiro atoms. The average molecular weight is 221 g/mol. The third-order valence-corrected chi connectivity index (χ3v) is 1.83. The number of halogens is 4. The molecule has 14 heavy (non-hydrogen) atoms. The monoisotopic (exact) mass is 220 g/mol. The summed E-state index contributed by atoms with van der Waals surface area (Å²) in [5.74, 6) is -0.167. The molecule has 0 unspecified atom stereocenters. The van der Waals surface area contributed by atoms with Crippen LogP contribution in [0.25, 0.3) is 0 Å². The predicted octanol–water partition coefficient (Wildman–Crippen LogP) is 2.71. The molecule has 0 aliphatic carbocycles. The normalized spacial score (nSPS) is 11.1. The van der Waals surface area contributed by atoms with E-state index in [0.29, 0.717) is 6.20 Å². The molecule has 1 heterocycles. The Morgan fingerprint density at radius 2 is 2.14 bits per heavy atom. The van der Waals surface area contributed by atoms with Gasteiger partial charge >= 0.3 is 6.18 Å². The molecule has 0 fully saturated rings. The molecular weight excluding hydrogens is 217 g/mol. The third-order valence-electron chi connectivity index (χ3n) is 1.54. The van der Waals surface area contributed by atoms with E-state index in [-0.39, 0.29) is 17.1 Å². The first-order valence-corrected chi connectivity index (χ1v) is 4.04. The van der Waals surface area contributed by atoms with Crippen LogP contribution in [0.2, 0.25) is 0 Å². The van der Waals surface area contributed by atoms with Crippen molar-refractivity contribution in [1.82, 2.24) is 4.98 Å². The lowest BCUT2D eigenvalue weighted by Crippen LogP contribution is -2.07. The second kappa shape index (κ2) is 3.84. The lowest BCUT2D eigenvalue weighted by molar-refractivity contribution is -0.137. The van der Waals surface area contributed by atoms with Crippen molar-refractivity contribution in [1.29, 1.82) is 5.26 Å². The first-order valence-electron chi connectivity index (χ1n) is 3.51. The van der Waals surface area contributed by atoms with Gasteiger partial charge in [-0.2, -0.15) is 18.4 Å². The van der Waals surface area contributed by atoms with Crippen molar-refractivity contribution in [2.45, 2.75) is 12.1 Å². The topological polar surface area (TPSA) is 36.7 Å². The summed E-state index contributed by atoms with van der Waals surface area (Å²) in [6.07, 6.45) is -3.84. The number of rotatable bonds is 1. The highest BCUT2D eigenvalue weighted by Gasteiger charge is 2.31. The quantitative estimate of drug-likeness (QED) is 0.683. The van der Waals surface area contributed by atoms with Gasteiger partial charge in [0, 0.05) is 11.8 Å². The maximum absolute atomic E-state index is 12.2. The van der Waals surface area contributed by atoms with Gasteiger partial charge in [-0.3, -0.25) is 0 Å².